The second-order valence-corrected chi connectivity index (χ2v) is 10.3. The molecule has 2 aromatic carbocycles. The summed E-state index contributed by atoms with van der Waals surface area (Å²) in [6.07, 6.45) is 6.42. The number of aliphatic hydroxyl groups excluding tert-OH is 1. The minimum Gasteiger partial charge on any atom is -0.508 e. The number of ether oxygens (including phenoxy) is 2. The van der Waals surface area contributed by atoms with E-state index in [2.05, 4.69) is 22.8 Å². The Hall–Kier alpha value is -3.47. The summed E-state index contributed by atoms with van der Waals surface area (Å²) >= 11 is 0. The van der Waals surface area contributed by atoms with Gasteiger partial charge in [0.2, 0.25) is 5.91 Å². The summed E-state index contributed by atoms with van der Waals surface area (Å²) in [4.78, 5) is 35.8. The largest absolute Gasteiger partial charge is 0.508 e. The van der Waals surface area contributed by atoms with Gasteiger partial charge in [-0.3, -0.25) is 14.5 Å². The molecule has 1 heterocycles. The fourth-order valence-electron chi connectivity index (χ4n) is 4.59. The van der Waals surface area contributed by atoms with E-state index in [9.17, 15) is 24.6 Å². The highest BCUT2D eigenvalue weighted by Crippen LogP contribution is 2.23. The number of aryl methyl sites for hydroxylation is 1. The van der Waals surface area contributed by atoms with E-state index < -0.39 is 12.1 Å². The van der Waals surface area contributed by atoms with E-state index in [0.717, 1.165) is 70.3 Å². The number of aromatic hydroxyl groups is 1. The number of imide groups is 1. The molecule has 1 fully saturated rings. The van der Waals surface area contributed by atoms with Crippen molar-refractivity contribution in [2.45, 2.75) is 71.1 Å². The summed E-state index contributed by atoms with van der Waals surface area (Å²) in [7, 11) is 0. The van der Waals surface area contributed by atoms with Gasteiger partial charge in [0.1, 0.15) is 12.4 Å². The zero-order valence-corrected chi connectivity index (χ0v) is 23.9. The van der Waals surface area contributed by atoms with E-state index in [1.807, 2.05) is 12.1 Å². The molecule has 0 unspecified atom stereocenters. The van der Waals surface area contributed by atoms with E-state index in [1.54, 1.807) is 12.1 Å². The van der Waals surface area contributed by atoms with Crippen LogP contribution in [0.1, 0.15) is 73.8 Å². The van der Waals surface area contributed by atoms with Gasteiger partial charge in [-0.2, -0.15) is 0 Å². The maximum atomic E-state index is 11.8. The van der Waals surface area contributed by atoms with Gasteiger partial charge in [0, 0.05) is 32.2 Å². The van der Waals surface area contributed by atoms with Crippen molar-refractivity contribution in [2.75, 3.05) is 32.8 Å². The molecule has 2 aromatic rings. The number of aliphatic hydroxyl groups is 1. The van der Waals surface area contributed by atoms with Crippen LogP contribution in [0, 0.1) is 0 Å². The zero-order chi connectivity index (χ0) is 29.5. The lowest BCUT2D eigenvalue weighted by Gasteiger charge is -2.14. The summed E-state index contributed by atoms with van der Waals surface area (Å²) < 4.78 is 10.7. The van der Waals surface area contributed by atoms with E-state index in [0.29, 0.717) is 24.2 Å². The summed E-state index contributed by atoms with van der Waals surface area (Å²) in [6, 6.07) is 12.5. The molecule has 224 valence electrons. The molecule has 10 nitrogen and oxygen atoms in total. The second-order valence-electron chi connectivity index (χ2n) is 10.3. The van der Waals surface area contributed by atoms with Crippen molar-refractivity contribution in [3.8, 4) is 5.75 Å². The number of benzene rings is 2. The van der Waals surface area contributed by atoms with Gasteiger partial charge < -0.3 is 30.3 Å². The van der Waals surface area contributed by atoms with Crippen molar-refractivity contribution in [3.05, 3.63) is 64.7 Å². The lowest BCUT2D eigenvalue weighted by molar-refractivity contribution is -0.142. The van der Waals surface area contributed by atoms with Gasteiger partial charge in [-0.15, -0.1) is 0 Å². The van der Waals surface area contributed by atoms with E-state index in [-0.39, 0.29) is 30.8 Å². The highest BCUT2D eigenvalue weighted by atomic mass is 16.5. The normalized spacial score (nSPS) is 13.9. The van der Waals surface area contributed by atoms with Crippen molar-refractivity contribution in [1.82, 2.24) is 15.5 Å². The predicted octanol–water partition coefficient (Wildman–Crippen LogP) is 3.73. The maximum absolute atomic E-state index is 11.8. The van der Waals surface area contributed by atoms with Gasteiger partial charge in [0.15, 0.2) is 0 Å². The summed E-state index contributed by atoms with van der Waals surface area (Å²) in [5, 5.41) is 26.1. The Kier molecular flexibility index (Phi) is 13.6. The number of unbranched alkanes of at least 4 members (excludes halogenated alkanes) is 4. The first kappa shape index (κ1) is 32.0. The Balaban J connectivity index is 1.16. The number of rotatable bonds is 19. The van der Waals surface area contributed by atoms with Crippen LogP contribution in [0.2, 0.25) is 0 Å². The van der Waals surface area contributed by atoms with Gasteiger partial charge in [-0.1, -0.05) is 43.2 Å². The number of hydrogen-bond acceptors (Lipinski definition) is 8. The molecule has 1 aliphatic rings. The molecule has 1 atom stereocenters. The third-order valence-electron chi connectivity index (χ3n) is 6.92. The number of nitrogens with zero attached hydrogens (tertiary/aromatic N) is 1. The summed E-state index contributed by atoms with van der Waals surface area (Å²) in [5.74, 6) is -0.580. The Labute approximate surface area is 242 Å². The molecule has 0 saturated carbocycles. The summed E-state index contributed by atoms with van der Waals surface area (Å²) in [6.45, 7) is 4.36. The van der Waals surface area contributed by atoms with Crippen LogP contribution in [0.4, 0.5) is 4.79 Å². The number of phenolic OH excluding ortho intramolecular Hbond substituents is 1. The molecule has 0 aliphatic carbocycles. The molecule has 3 rings (SSSR count). The van der Waals surface area contributed by atoms with Crippen molar-refractivity contribution in [3.63, 3.8) is 0 Å². The van der Waals surface area contributed by atoms with Gasteiger partial charge in [0.05, 0.1) is 19.2 Å². The Bertz CT molecular complexity index is 1120. The number of amides is 3. The van der Waals surface area contributed by atoms with Gasteiger partial charge in [0.25, 0.3) is 0 Å². The van der Waals surface area contributed by atoms with Crippen molar-refractivity contribution in [1.29, 1.82) is 0 Å². The van der Waals surface area contributed by atoms with Crippen LogP contribution >= 0.6 is 0 Å². The van der Waals surface area contributed by atoms with Crippen LogP contribution in [0.25, 0.3) is 0 Å². The molecular weight excluding hydrogens is 526 g/mol. The van der Waals surface area contributed by atoms with Crippen molar-refractivity contribution in [2.24, 2.45) is 0 Å². The first-order valence-electron chi connectivity index (χ1n) is 14.4. The number of nitrogens with one attached hydrogen (secondary N) is 2. The van der Waals surface area contributed by atoms with Crippen LogP contribution in [0.15, 0.2) is 42.5 Å². The third-order valence-corrected chi connectivity index (χ3v) is 6.92. The monoisotopic (exact) mass is 569 g/mol. The minimum absolute atomic E-state index is 0.0274. The number of hydrogen-bond donors (Lipinski definition) is 4. The fraction of sp³-hybridized carbons (Fsp3) is 0.516. The summed E-state index contributed by atoms with van der Waals surface area (Å²) in [5.41, 5.74) is 3.28. The van der Waals surface area contributed by atoms with E-state index in [1.165, 1.54) is 23.5 Å². The van der Waals surface area contributed by atoms with Crippen LogP contribution in [-0.2, 0) is 38.6 Å². The number of carbonyl (C=O) groups is 3. The lowest BCUT2D eigenvalue weighted by atomic mass is 10.1. The minimum atomic E-state index is -0.715. The molecular formula is C31H43N3O7. The quantitative estimate of drug-likeness (QED) is 0.114. The molecule has 10 heteroatoms. The topological polar surface area (TPSA) is 137 Å². The SMILES string of the molecule is CC(=O)OCc1cc([C@@H](O)CNCCCCCCOCCCCc2cccc(CN3C(=O)CNC3=O)c2)ccc1O. The second kappa shape index (κ2) is 17.4. The Morgan fingerprint density at radius 2 is 1.78 bits per heavy atom. The molecule has 1 aliphatic heterocycles. The van der Waals surface area contributed by atoms with Crippen molar-refractivity contribution < 1.29 is 34.1 Å². The molecule has 0 aromatic heterocycles. The highest BCUT2D eigenvalue weighted by Gasteiger charge is 2.28. The number of carbonyl (C=O) groups excluding carboxylic acids is 3. The van der Waals surface area contributed by atoms with Gasteiger partial charge in [-0.25, -0.2) is 4.79 Å². The zero-order valence-electron chi connectivity index (χ0n) is 23.9. The fourth-order valence-corrected chi connectivity index (χ4v) is 4.59. The highest BCUT2D eigenvalue weighted by molar-refractivity contribution is 6.01. The molecule has 4 N–H and O–H groups in total. The predicted molar refractivity (Wildman–Crippen MR) is 154 cm³/mol. The molecule has 0 spiro atoms. The van der Waals surface area contributed by atoms with Crippen LogP contribution in [0.3, 0.4) is 0 Å². The average molecular weight is 570 g/mol. The van der Waals surface area contributed by atoms with Crippen LogP contribution in [-0.4, -0.2) is 65.9 Å². The lowest BCUT2D eigenvalue weighted by Crippen LogP contribution is -2.30. The van der Waals surface area contributed by atoms with Gasteiger partial charge in [-0.05, 0) is 67.5 Å². The van der Waals surface area contributed by atoms with Crippen molar-refractivity contribution >= 4 is 17.9 Å². The van der Waals surface area contributed by atoms with Crippen LogP contribution < -0.4 is 10.6 Å². The molecule has 3 amide bonds. The van der Waals surface area contributed by atoms with Gasteiger partial charge >= 0.3 is 12.0 Å². The first-order valence-corrected chi connectivity index (χ1v) is 14.4. The first-order chi connectivity index (χ1) is 19.8. The third kappa shape index (κ3) is 11.5. The van der Waals surface area contributed by atoms with Crippen LogP contribution in [0.5, 0.6) is 5.75 Å². The van der Waals surface area contributed by atoms with E-state index >= 15 is 0 Å². The molecule has 0 radical (unpaired) electrons. The number of esters is 1. The molecule has 1 saturated heterocycles. The maximum Gasteiger partial charge on any atom is 0.324 e. The average Bonchev–Trinajstić information content (AvgIpc) is 3.27. The smallest absolute Gasteiger partial charge is 0.324 e. The number of phenols is 1. The molecule has 41 heavy (non-hydrogen) atoms. The Morgan fingerprint density at radius 1 is 1.02 bits per heavy atom. The Morgan fingerprint density at radius 3 is 2.54 bits per heavy atom. The molecule has 0 bridgehead atoms. The number of urea groups is 1. The van der Waals surface area contributed by atoms with E-state index in [4.69, 9.17) is 9.47 Å². The standard InChI is InChI=1S/C31H43N3O7/c1-23(35)41-22-27-18-26(12-13-28(27)36)29(37)19-32-14-5-2-3-6-15-40-16-7-4-9-24-10-8-11-25(17-24)21-34-30(38)20-33-31(34)39/h8,10-13,17-18,29,32,36-37H,2-7,9,14-16,19-22H2,1H3,(H,33,39)/t29-/m0/s1.